The highest BCUT2D eigenvalue weighted by Crippen LogP contribution is 2.32. The van der Waals surface area contributed by atoms with Crippen LogP contribution < -0.4 is 9.75 Å². The van der Waals surface area contributed by atoms with Crippen LogP contribution in [0.1, 0.15) is 15.9 Å². The molecule has 0 aliphatic heterocycles. The molecule has 1 aromatic heterocycles. The van der Waals surface area contributed by atoms with Gasteiger partial charge in [0.05, 0.1) is 28.5 Å². The van der Waals surface area contributed by atoms with Crippen molar-refractivity contribution >= 4 is 44.5 Å². The summed E-state index contributed by atoms with van der Waals surface area (Å²) in [4.78, 5) is 28.4. The summed E-state index contributed by atoms with van der Waals surface area (Å²) in [5.74, 6) is 0.147. The van der Waals surface area contributed by atoms with Gasteiger partial charge in [-0.25, -0.2) is 4.98 Å². The van der Waals surface area contributed by atoms with Crippen LogP contribution in [-0.4, -0.2) is 29.1 Å². The van der Waals surface area contributed by atoms with Crippen molar-refractivity contribution < 1.29 is 14.5 Å². The number of aromatic nitrogens is 1. The minimum Gasteiger partial charge on any atom is -0.497 e. The van der Waals surface area contributed by atoms with Gasteiger partial charge in [-0.3, -0.25) is 14.9 Å². The second-order valence-electron chi connectivity index (χ2n) is 6.41. The average molecular weight is 432 g/mol. The van der Waals surface area contributed by atoms with Crippen molar-refractivity contribution in [1.29, 1.82) is 0 Å². The Labute approximate surface area is 181 Å². The number of amides is 1. The lowest BCUT2D eigenvalue weighted by Crippen LogP contribution is -2.25. The number of non-ortho nitro benzene ring substituents is 1. The predicted molar refractivity (Wildman–Crippen MR) is 120 cm³/mol. The number of rotatable bonds is 6. The van der Waals surface area contributed by atoms with Gasteiger partial charge in [-0.15, -0.1) is 0 Å². The number of nitrogens with zero attached hydrogens (tertiary/aromatic N) is 4. The predicted octanol–water partition coefficient (Wildman–Crippen LogP) is 4.89. The highest BCUT2D eigenvalue weighted by atomic mass is 32.1. The number of nitro groups is 1. The molecule has 0 N–H and O–H groups in total. The lowest BCUT2D eigenvalue weighted by atomic mass is 10.2. The number of carbonyl (C=O) groups excluding carboxylic acids is 1. The molecule has 31 heavy (non-hydrogen) atoms. The van der Waals surface area contributed by atoms with E-state index in [2.05, 4.69) is 10.1 Å². The van der Waals surface area contributed by atoms with Crippen LogP contribution in [-0.2, 0) is 0 Å². The smallest absolute Gasteiger partial charge is 0.281 e. The first-order chi connectivity index (χ1) is 15.0. The molecule has 0 aliphatic carbocycles. The van der Waals surface area contributed by atoms with Crippen LogP contribution in [0.5, 0.6) is 5.75 Å². The van der Waals surface area contributed by atoms with Gasteiger partial charge in [0.2, 0.25) is 5.13 Å². The molecule has 0 unspecified atom stereocenters. The summed E-state index contributed by atoms with van der Waals surface area (Å²) in [6.45, 7) is 0. The first kappa shape index (κ1) is 20.2. The van der Waals surface area contributed by atoms with Crippen molar-refractivity contribution in [2.24, 2.45) is 5.10 Å². The van der Waals surface area contributed by atoms with E-state index in [0.717, 1.165) is 15.3 Å². The number of nitro benzene ring substituents is 1. The van der Waals surface area contributed by atoms with Gasteiger partial charge >= 0.3 is 0 Å². The Hall–Kier alpha value is -4.11. The van der Waals surface area contributed by atoms with Gasteiger partial charge in [0.1, 0.15) is 5.75 Å². The molecule has 0 radical (unpaired) electrons. The molecule has 0 aliphatic rings. The largest absolute Gasteiger partial charge is 0.497 e. The molecular formula is C22H16N4O4S. The number of anilines is 1. The molecule has 0 saturated heterocycles. The van der Waals surface area contributed by atoms with Gasteiger partial charge in [0.25, 0.3) is 11.6 Å². The van der Waals surface area contributed by atoms with Crippen LogP contribution in [0.3, 0.4) is 0 Å². The normalized spacial score (nSPS) is 11.0. The number of hydrogen-bond donors (Lipinski definition) is 0. The van der Waals surface area contributed by atoms with E-state index in [1.807, 2.05) is 36.4 Å². The molecule has 9 heteroatoms. The number of thiazole rings is 1. The van der Waals surface area contributed by atoms with Gasteiger partial charge in [-0.05, 0) is 29.8 Å². The number of methoxy groups -OCH3 is 1. The van der Waals surface area contributed by atoms with Gasteiger partial charge in [-0.1, -0.05) is 47.7 Å². The van der Waals surface area contributed by atoms with E-state index in [4.69, 9.17) is 4.74 Å². The lowest BCUT2D eigenvalue weighted by molar-refractivity contribution is -0.384. The van der Waals surface area contributed by atoms with E-state index in [1.165, 1.54) is 35.6 Å². The molecule has 1 heterocycles. The zero-order chi connectivity index (χ0) is 21.8. The van der Waals surface area contributed by atoms with Crippen LogP contribution in [0, 0.1) is 10.1 Å². The zero-order valence-electron chi connectivity index (χ0n) is 16.3. The summed E-state index contributed by atoms with van der Waals surface area (Å²) in [6, 6.07) is 20.2. The first-order valence-electron chi connectivity index (χ1n) is 9.17. The minimum absolute atomic E-state index is 0.135. The third-order valence-electron chi connectivity index (χ3n) is 4.38. The number of fused-ring (bicyclic) bond motifs is 1. The third-order valence-corrected chi connectivity index (χ3v) is 5.38. The van der Waals surface area contributed by atoms with E-state index < -0.39 is 10.8 Å². The Morgan fingerprint density at radius 1 is 1.13 bits per heavy atom. The summed E-state index contributed by atoms with van der Waals surface area (Å²) in [6.07, 6.45) is 1.54. The van der Waals surface area contributed by atoms with Gasteiger partial charge in [0.15, 0.2) is 0 Å². The van der Waals surface area contributed by atoms with Crippen molar-refractivity contribution in [3.8, 4) is 5.75 Å². The lowest BCUT2D eigenvalue weighted by Gasteiger charge is -2.13. The Bertz CT molecular complexity index is 1290. The maximum atomic E-state index is 13.3. The number of ether oxygens (including phenoxy) is 1. The molecule has 3 aromatic carbocycles. The topological polar surface area (TPSA) is 97.9 Å². The summed E-state index contributed by atoms with van der Waals surface area (Å²) in [5, 5.41) is 17.0. The molecule has 0 fully saturated rings. The van der Waals surface area contributed by atoms with Crippen molar-refractivity contribution in [2.75, 3.05) is 12.1 Å². The fourth-order valence-corrected chi connectivity index (χ4v) is 3.79. The van der Waals surface area contributed by atoms with Gasteiger partial charge < -0.3 is 4.74 Å². The van der Waals surface area contributed by atoms with Crippen LogP contribution in [0.25, 0.3) is 10.2 Å². The molecular weight excluding hydrogens is 416 g/mol. The number of hydrogen-bond acceptors (Lipinski definition) is 7. The number of carbonyl (C=O) groups is 1. The monoisotopic (exact) mass is 432 g/mol. The van der Waals surface area contributed by atoms with E-state index in [9.17, 15) is 14.9 Å². The maximum absolute atomic E-state index is 13.3. The Morgan fingerprint density at radius 2 is 1.94 bits per heavy atom. The van der Waals surface area contributed by atoms with Gasteiger partial charge in [-0.2, -0.15) is 10.1 Å². The number of hydrazone groups is 1. The van der Waals surface area contributed by atoms with Crippen LogP contribution >= 0.6 is 11.3 Å². The molecule has 1 amide bonds. The first-order valence-corrected chi connectivity index (χ1v) is 9.99. The molecule has 0 atom stereocenters. The summed E-state index contributed by atoms with van der Waals surface area (Å²) in [5.41, 5.74) is 1.44. The van der Waals surface area contributed by atoms with Crippen molar-refractivity contribution in [3.63, 3.8) is 0 Å². The van der Waals surface area contributed by atoms with Crippen molar-refractivity contribution in [1.82, 2.24) is 4.98 Å². The van der Waals surface area contributed by atoms with Crippen LogP contribution in [0.4, 0.5) is 10.8 Å². The van der Waals surface area contributed by atoms with Crippen molar-refractivity contribution in [2.45, 2.75) is 0 Å². The van der Waals surface area contributed by atoms with E-state index in [0.29, 0.717) is 16.4 Å². The van der Waals surface area contributed by atoms with Gasteiger partial charge in [0, 0.05) is 17.7 Å². The summed E-state index contributed by atoms with van der Waals surface area (Å²) < 4.78 is 6.08. The second-order valence-corrected chi connectivity index (χ2v) is 7.42. The van der Waals surface area contributed by atoms with Crippen LogP contribution in [0.2, 0.25) is 0 Å². The third kappa shape index (κ3) is 4.41. The standard InChI is InChI=1S/C22H16N4O4S/c1-30-18-10-11-19-20(13-18)31-22(24-19)25(23-14-15-6-3-2-4-7-15)21(27)16-8-5-9-17(12-16)26(28)29/h2-14H,1H3/b23-14+. The quantitative estimate of drug-likeness (QED) is 0.245. The van der Waals surface area contributed by atoms with Crippen molar-refractivity contribution in [3.05, 3.63) is 94.0 Å². The van der Waals surface area contributed by atoms with E-state index in [-0.39, 0.29) is 11.3 Å². The van der Waals surface area contributed by atoms with Crippen LogP contribution in [0.15, 0.2) is 77.9 Å². The summed E-state index contributed by atoms with van der Waals surface area (Å²) >= 11 is 1.27. The molecule has 4 aromatic rings. The second kappa shape index (κ2) is 8.72. The molecule has 154 valence electrons. The maximum Gasteiger partial charge on any atom is 0.281 e. The summed E-state index contributed by atoms with van der Waals surface area (Å²) in [7, 11) is 1.57. The Morgan fingerprint density at radius 3 is 2.68 bits per heavy atom. The fraction of sp³-hybridized carbons (Fsp3) is 0.0455. The molecule has 0 saturated carbocycles. The Balaban J connectivity index is 1.77. The zero-order valence-corrected chi connectivity index (χ0v) is 17.2. The highest BCUT2D eigenvalue weighted by molar-refractivity contribution is 7.22. The molecule has 8 nitrogen and oxygen atoms in total. The van der Waals surface area contributed by atoms with E-state index >= 15 is 0 Å². The highest BCUT2D eigenvalue weighted by Gasteiger charge is 2.23. The molecule has 0 bridgehead atoms. The fourth-order valence-electron chi connectivity index (χ4n) is 2.84. The van der Waals surface area contributed by atoms with E-state index in [1.54, 1.807) is 25.5 Å². The molecule has 0 spiro atoms. The Kier molecular flexibility index (Phi) is 5.67. The molecule has 4 rings (SSSR count). The number of benzene rings is 3. The minimum atomic E-state index is -0.543. The SMILES string of the molecule is COc1ccc2nc(N(/N=C/c3ccccc3)C(=O)c3cccc([N+](=O)[O-])c3)sc2c1. The average Bonchev–Trinajstić information content (AvgIpc) is 3.22.